The van der Waals surface area contributed by atoms with Crippen LogP contribution < -0.4 is 0 Å². The third kappa shape index (κ3) is 3.77. The quantitative estimate of drug-likeness (QED) is 0.587. The van der Waals surface area contributed by atoms with Gasteiger partial charge in [0, 0.05) is 24.4 Å². The number of halogens is 3. The smallest absolute Gasteiger partial charge is 0.260 e. The highest BCUT2D eigenvalue weighted by molar-refractivity contribution is 5.70. The Balaban J connectivity index is 2.00. The summed E-state index contributed by atoms with van der Waals surface area (Å²) in [5.41, 5.74) is 4.65. The van der Waals surface area contributed by atoms with Crippen molar-refractivity contribution in [2.45, 2.75) is 33.1 Å². The van der Waals surface area contributed by atoms with Gasteiger partial charge in [-0.3, -0.25) is 9.97 Å². The molecular weight excluding hydrogens is 337 g/mol. The van der Waals surface area contributed by atoms with Crippen molar-refractivity contribution in [3.8, 4) is 11.1 Å². The van der Waals surface area contributed by atoms with Crippen molar-refractivity contribution in [1.29, 1.82) is 0 Å². The zero-order valence-electron chi connectivity index (χ0n) is 14.6. The monoisotopic (exact) mass is 356 g/mol. The van der Waals surface area contributed by atoms with Gasteiger partial charge < -0.3 is 0 Å². The van der Waals surface area contributed by atoms with Gasteiger partial charge in [-0.15, -0.1) is 0 Å². The van der Waals surface area contributed by atoms with Gasteiger partial charge in [-0.25, -0.2) is 13.2 Å². The second-order valence-corrected chi connectivity index (χ2v) is 6.18. The number of alkyl halides is 2. The minimum Gasteiger partial charge on any atom is -0.260 e. The molecule has 0 amide bonds. The Labute approximate surface area is 150 Å². The van der Waals surface area contributed by atoms with E-state index in [4.69, 9.17) is 0 Å². The van der Waals surface area contributed by atoms with E-state index in [2.05, 4.69) is 9.97 Å². The van der Waals surface area contributed by atoms with Gasteiger partial charge in [-0.05, 0) is 53.8 Å². The van der Waals surface area contributed by atoms with Crippen LogP contribution in [0.1, 0.15) is 41.4 Å². The first kappa shape index (κ1) is 18.1. The fraction of sp³-hybridized carbons (Fsp3) is 0.238. The number of aromatic nitrogens is 2. The predicted molar refractivity (Wildman–Crippen MR) is 95.7 cm³/mol. The first-order valence-corrected chi connectivity index (χ1v) is 8.45. The SMILES string of the molecule is CCc1cc(F)ccc1-c1cccnc1Cc1cnc(C(F)F)c(C)c1. The Kier molecular flexibility index (Phi) is 5.35. The van der Waals surface area contributed by atoms with Crippen molar-refractivity contribution in [3.63, 3.8) is 0 Å². The predicted octanol–water partition coefficient (Wildman–Crippen LogP) is 5.68. The number of benzene rings is 1. The van der Waals surface area contributed by atoms with Crippen LogP contribution >= 0.6 is 0 Å². The summed E-state index contributed by atoms with van der Waals surface area (Å²) in [4.78, 5) is 8.36. The molecule has 0 radical (unpaired) electrons. The molecule has 2 nitrogen and oxygen atoms in total. The summed E-state index contributed by atoms with van der Waals surface area (Å²) in [6.45, 7) is 3.61. The lowest BCUT2D eigenvalue weighted by Crippen LogP contribution is -2.01. The van der Waals surface area contributed by atoms with E-state index in [1.54, 1.807) is 25.3 Å². The lowest BCUT2D eigenvalue weighted by atomic mass is 9.94. The topological polar surface area (TPSA) is 25.8 Å². The summed E-state index contributed by atoms with van der Waals surface area (Å²) in [7, 11) is 0. The van der Waals surface area contributed by atoms with Crippen LogP contribution in [0.15, 0.2) is 48.8 Å². The molecule has 0 fully saturated rings. The molecule has 0 N–H and O–H groups in total. The van der Waals surface area contributed by atoms with Crippen LogP contribution in [0.25, 0.3) is 11.1 Å². The molecule has 0 spiro atoms. The van der Waals surface area contributed by atoms with Crippen LogP contribution in [0, 0.1) is 12.7 Å². The molecule has 26 heavy (non-hydrogen) atoms. The van der Waals surface area contributed by atoms with Gasteiger partial charge in [0.1, 0.15) is 11.5 Å². The van der Waals surface area contributed by atoms with Gasteiger partial charge >= 0.3 is 0 Å². The van der Waals surface area contributed by atoms with E-state index in [1.807, 2.05) is 19.1 Å². The summed E-state index contributed by atoms with van der Waals surface area (Å²) in [5, 5.41) is 0. The molecule has 2 aromatic heterocycles. The van der Waals surface area contributed by atoms with Gasteiger partial charge in [-0.1, -0.05) is 25.1 Å². The fourth-order valence-electron chi connectivity index (χ4n) is 3.10. The number of rotatable bonds is 5. The van der Waals surface area contributed by atoms with E-state index < -0.39 is 6.43 Å². The summed E-state index contributed by atoms with van der Waals surface area (Å²) in [6.07, 6.45) is 1.75. The molecule has 5 heteroatoms. The average molecular weight is 356 g/mol. The highest BCUT2D eigenvalue weighted by Gasteiger charge is 2.15. The minimum atomic E-state index is -2.58. The summed E-state index contributed by atoms with van der Waals surface area (Å²) in [6, 6.07) is 10.2. The molecule has 0 aliphatic carbocycles. The number of hydrogen-bond acceptors (Lipinski definition) is 2. The number of pyridine rings is 2. The van der Waals surface area contributed by atoms with Gasteiger partial charge in [0.25, 0.3) is 6.43 Å². The highest BCUT2D eigenvalue weighted by atomic mass is 19.3. The molecule has 0 unspecified atom stereocenters. The lowest BCUT2D eigenvalue weighted by Gasteiger charge is -2.13. The van der Waals surface area contributed by atoms with Crippen LogP contribution in [-0.4, -0.2) is 9.97 Å². The summed E-state index contributed by atoms with van der Waals surface area (Å²) >= 11 is 0. The van der Waals surface area contributed by atoms with Crippen molar-refractivity contribution in [3.05, 3.63) is 82.7 Å². The van der Waals surface area contributed by atoms with Crippen LogP contribution in [0.5, 0.6) is 0 Å². The standard InChI is InChI=1S/C21H19F3N2/c1-3-15-11-16(22)6-7-17(15)18-5-4-8-25-19(18)10-14-9-13(2)20(21(23)24)26-12-14/h4-9,11-12,21H,3,10H2,1-2H3. The zero-order valence-corrected chi connectivity index (χ0v) is 14.6. The molecule has 2 heterocycles. The van der Waals surface area contributed by atoms with E-state index in [1.165, 1.54) is 18.3 Å². The molecule has 0 saturated carbocycles. The van der Waals surface area contributed by atoms with E-state index in [-0.39, 0.29) is 11.5 Å². The van der Waals surface area contributed by atoms with Crippen LogP contribution in [0.3, 0.4) is 0 Å². The second-order valence-electron chi connectivity index (χ2n) is 6.18. The zero-order chi connectivity index (χ0) is 18.7. The molecule has 3 aromatic rings. The maximum atomic E-state index is 13.6. The van der Waals surface area contributed by atoms with E-state index >= 15 is 0 Å². The van der Waals surface area contributed by atoms with E-state index in [0.717, 1.165) is 27.9 Å². The van der Waals surface area contributed by atoms with Crippen molar-refractivity contribution in [2.24, 2.45) is 0 Å². The summed E-state index contributed by atoms with van der Waals surface area (Å²) < 4.78 is 39.3. The van der Waals surface area contributed by atoms with Crippen LogP contribution in [0.2, 0.25) is 0 Å². The van der Waals surface area contributed by atoms with E-state index in [9.17, 15) is 13.2 Å². The Morgan fingerprint density at radius 3 is 2.54 bits per heavy atom. The number of aryl methyl sites for hydroxylation is 2. The van der Waals surface area contributed by atoms with Crippen molar-refractivity contribution in [1.82, 2.24) is 9.97 Å². The molecular formula is C21H19F3N2. The summed E-state index contributed by atoms with van der Waals surface area (Å²) in [5.74, 6) is -0.265. The minimum absolute atomic E-state index is 0.193. The Morgan fingerprint density at radius 2 is 1.85 bits per heavy atom. The highest BCUT2D eigenvalue weighted by Crippen LogP contribution is 2.29. The molecule has 3 rings (SSSR count). The fourth-order valence-corrected chi connectivity index (χ4v) is 3.10. The molecule has 0 atom stereocenters. The molecule has 134 valence electrons. The third-order valence-electron chi connectivity index (χ3n) is 4.38. The maximum Gasteiger partial charge on any atom is 0.280 e. The van der Waals surface area contributed by atoms with E-state index in [0.29, 0.717) is 18.4 Å². The van der Waals surface area contributed by atoms with Gasteiger partial charge in [0.15, 0.2) is 0 Å². The number of nitrogens with zero attached hydrogens (tertiary/aromatic N) is 2. The Morgan fingerprint density at radius 1 is 1.04 bits per heavy atom. The van der Waals surface area contributed by atoms with Gasteiger partial charge in [0.2, 0.25) is 0 Å². The van der Waals surface area contributed by atoms with Gasteiger partial charge in [-0.2, -0.15) is 0 Å². The van der Waals surface area contributed by atoms with Crippen molar-refractivity contribution >= 4 is 0 Å². The Bertz CT molecular complexity index is 923. The van der Waals surface area contributed by atoms with Crippen LogP contribution in [-0.2, 0) is 12.8 Å². The first-order chi connectivity index (χ1) is 12.5. The largest absolute Gasteiger partial charge is 0.280 e. The normalized spacial score (nSPS) is 11.2. The molecule has 0 aliphatic rings. The average Bonchev–Trinajstić information content (AvgIpc) is 2.62. The lowest BCUT2D eigenvalue weighted by molar-refractivity contribution is 0.145. The van der Waals surface area contributed by atoms with Crippen molar-refractivity contribution in [2.75, 3.05) is 0 Å². The molecule has 0 bridgehead atoms. The first-order valence-electron chi connectivity index (χ1n) is 8.45. The van der Waals surface area contributed by atoms with Crippen molar-refractivity contribution < 1.29 is 13.2 Å². The molecule has 1 aromatic carbocycles. The molecule has 0 aliphatic heterocycles. The Hall–Kier alpha value is -2.69. The maximum absolute atomic E-state index is 13.6. The molecule has 0 saturated heterocycles. The third-order valence-corrected chi connectivity index (χ3v) is 4.38. The number of hydrogen-bond donors (Lipinski definition) is 0. The van der Waals surface area contributed by atoms with Crippen LogP contribution in [0.4, 0.5) is 13.2 Å². The second kappa shape index (κ2) is 7.68. The van der Waals surface area contributed by atoms with Gasteiger partial charge in [0.05, 0.1) is 5.69 Å².